The summed E-state index contributed by atoms with van der Waals surface area (Å²) >= 11 is 4.77. The molecule has 1 aromatic heterocycles. The van der Waals surface area contributed by atoms with E-state index in [-0.39, 0.29) is 11.2 Å². The molecule has 4 nitrogen and oxygen atoms in total. The Bertz CT molecular complexity index is 466. The van der Waals surface area contributed by atoms with E-state index in [1.54, 1.807) is 23.1 Å². The molecule has 0 saturated heterocycles. The van der Waals surface area contributed by atoms with Gasteiger partial charge in [0.15, 0.2) is 8.68 Å². The first-order valence-electron chi connectivity index (χ1n) is 7.53. The molecular formula is C14H23N3OS3. The van der Waals surface area contributed by atoms with Crippen molar-refractivity contribution in [2.45, 2.75) is 66.4 Å². The number of rotatable bonds is 6. The Kier molecular flexibility index (Phi) is 6.82. The number of carbonyl (C=O) groups excluding carboxylic acids is 1. The van der Waals surface area contributed by atoms with Gasteiger partial charge >= 0.3 is 0 Å². The molecule has 0 unspecified atom stereocenters. The molecular weight excluding hydrogens is 322 g/mol. The molecule has 21 heavy (non-hydrogen) atoms. The first kappa shape index (κ1) is 17.1. The minimum atomic E-state index is -0.119. The van der Waals surface area contributed by atoms with Crippen LogP contribution in [0.1, 0.15) is 46.5 Å². The molecule has 0 spiro atoms. The third-order valence-corrected chi connectivity index (χ3v) is 6.86. The predicted octanol–water partition coefficient (Wildman–Crippen LogP) is 3.83. The molecule has 1 heterocycles. The third-order valence-electron chi connectivity index (χ3n) is 3.74. The molecule has 1 aliphatic rings. The Balaban J connectivity index is 1.83. The maximum Gasteiger partial charge on any atom is 0.233 e. The van der Waals surface area contributed by atoms with Crippen LogP contribution in [-0.2, 0) is 4.79 Å². The predicted molar refractivity (Wildman–Crippen MR) is 91.2 cm³/mol. The Morgan fingerprint density at radius 2 is 2.10 bits per heavy atom. The van der Waals surface area contributed by atoms with E-state index in [0.717, 1.165) is 20.9 Å². The van der Waals surface area contributed by atoms with E-state index in [1.165, 1.54) is 31.0 Å². The summed E-state index contributed by atoms with van der Waals surface area (Å²) in [5, 5.41) is 11.4. The average molecular weight is 346 g/mol. The van der Waals surface area contributed by atoms with Crippen molar-refractivity contribution in [2.75, 3.05) is 5.75 Å². The van der Waals surface area contributed by atoms with Crippen LogP contribution in [0.4, 0.5) is 0 Å². The van der Waals surface area contributed by atoms with E-state index in [2.05, 4.69) is 29.4 Å². The number of nitrogens with one attached hydrogen (secondary N) is 1. The second kappa shape index (κ2) is 8.39. The standard InChI is InChI=1S/C14H23N3OS3/c1-4-19-13-16-17-14(21-13)20-10(3)12(18)15-11-8-6-5-7-9(11)2/h9-11H,4-8H2,1-3H3,(H,15,18)/t9-,10+,11-/m0/s1. The molecule has 0 bridgehead atoms. The molecule has 7 heteroatoms. The van der Waals surface area contributed by atoms with Gasteiger partial charge in [0.1, 0.15) is 0 Å². The van der Waals surface area contributed by atoms with Gasteiger partial charge in [-0.05, 0) is 31.4 Å². The van der Waals surface area contributed by atoms with Gasteiger partial charge < -0.3 is 5.32 Å². The fourth-order valence-electron chi connectivity index (χ4n) is 2.46. The van der Waals surface area contributed by atoms with Gasteiger partial charge in [-0.15, -0.1) is 10.2 Å². The molecule has 1 N–H and O–H groups in total. The smallest absolute Gasteiger partial charge is 0.233 e. The van der Waals surface area contributed by atoms with Crippen LogP contribution in [0.15, 0.2) is 8.68 Å². The van der Waals surface area contributed by atoms with Gasteiger partial charge in [0.25, 0.3) is 0 Å². The Morgan fingerprint density at radius 3 is 2.81 bits per heavy atom. The topological polar surface area (TPSA) is 54.9 Å². The third kappa shape index (κ3) is 5.14. The van der Waals surface area contributed by atoms with Gasteiger partial charge in [-0.1, -0.05) is 61.5 Å². The van der Waals surface area contributed by atoms with Crippen LogP contribution in [0, 0.1) is 5.92 Å². The van der Waals surface area contributed by atoms with E-state index in [4.69, 9.17) is 0 Å². The van der Waals surface area contributed by atoms with Crippen molar-refractivity contribution >= 4 is 40.8 Å². The van der Waals surface area contributed by atoms with E-state index in [1.807, 2.05) is 6.92 Å². The first-order chi connectivity index (χ1) is 10.1. The lowest BCUT2D eigenvalue weighted by Crippen LogP contribution is -2.44. The lowest BCUT2D eigenvalue weighted by molar-refractivity contribution is -0.121. The largest absolute Gasteiger partial charge is 0.352 e. The minimum Gasteiger partial charge on any atom is -0.352 e. The zero-order chi connectivity index (χ0) is 15.2. The number of hydrogen-bond donors (Lipinski definition) is 1. The number of carbonyl (C=O) groups is 1. The molecule has 1 aliphatic carbocycles. The van der Waals surface area contributed by atoms with Crippen molar-refractivity contribution in [3.8, 4) is 0 Å². The first-order valence-corrected chi connectivity index (χ1v) is 10.2. The van der Waals surface area contributed by atoms with E-state index >= 15 is 0 Å². The van der Waals surface area contributed by atoms with Crippen LogP contribution in [0.2, 0.25) is 0 Å². The SMILES string of the molecule is CCSc1nnc(S[C@H](C)C(=O)N[C@H]2CCCC[C@@H]2C)s1. The van der Waals surface area contributed by atoms with Gasteiger partial charge in [-0.3, -0.25) is 4.79 Å². The summed E-state index contributed by atoms with van der Waals surface area (Å²) in [5.74, 6) is 1.71. The molecule has 118 valence electrons. The highest BCUT2D eigenvalue weighted by Gasteiger charge is 2.25. The highest BCUT2D eigenvalue weighted by Crippen LogP contribution is 2.31. The number of thioether (sulfide) groups is 2. The van der Waals surface area contributed by atoms with E-state index in [9.17, 15) is 4.79 Å². The second-order valence-corrected chi connectivity index (χ2v) is 9.48. The molecule has 2 rings (SSSR count). The Morgan fingerprint density at radius 1 is 1.38 bits per heavy atom. The molecule has 0 aromatic carbocycles. The average Bonchev–Trinajstić information content (AvgIpc) is 2.89. The molecule has 1 saturated carbocycles. The van der Waals surface area contributed by atoms with Crippen LogP contribution >= 0.6 is 34.9 Å². The molecule has 1 fully saturated rings. The fraction of sp³-hybridized carbons (Fsp3) is 0.786. The monoisotopic (exact) mass is 345 g/mol. The van der Waals surface area contributed by atoms with Crippen LogP contribution in [0.3, 0.4) is 0 Å². The van der Waals surface area contributed by atoms with Crippen molar-refractivity contribution in [2.24, 2.45) is 5.92 Å². The van der Waals surface area contributed by atoms with Crippen LogP contribution in [0.25, 0.3) is 0 Å². The van der Waals surface area contributed by atoms with Crippen LogP contribution < -0.4 is 5.32 Å². The quantitative estimate of drug-likeness (QED) is 0.794. The summed E-state index contributed by atoms with van der Waals surface area (Å²) in [7, 11) is 0. The fourth-order valence-corrected chi connectivity index (χ4v) is 5.53. The summed E-state index contributed by atoms with van der Waals surface area (Å²) in [6.45, 7) is 6.28. The van der Waals surface area contributed by atoms with Gasteiger partial charge in [0.2, 0.25) is 5.91 Å². The zero-order valence-corrected chi connectivity index (χ0v) is 15.2. The summed E-state index contributed by atoms with van der Waals surface area (Å²) < 4.78 is 1.86. The van der Waals surface area contributed by atoms with Gasteiger partial charge in [-0.25, -0.2) is 0 Å². The number of hydrogen-bond acceptors (Lipinski definition) is 6. The lowest BCUT2D eigenvalue weighted by Gasteiger charge is -2.30. The molecule has 0 radical (unpaired) electrons. The molecule has 1 aromatic rings. The van der Waals surface area contributed by atoms with Gasteiger partial charge in [0, 0.05) is 6.04 Å². The lowest BCUT2D eigenvalue weighted by atomic mass is 9.86. The number of amides is 1. The highest BCUT2D eigenvalue weighted by atomic mass is 32.2. The highest BCUT2D eigenvalue weighted by molar-refractivity contribution is 8.03. The van der Waals surface area contributed by atoms with Crippen LogP contribution in [-0.4, -0.2) is 33.1 Å². The summed E-state index contributed by atoms with van der Waals surface area (Å²) in [6.07, 6.45) is 4.85. The maximum absolute atomic E-state index is 12.3. The Labute approximate surface area is 139 Å². The zero-order valence-electron chi connectivity index (χ0n) is 12.8. The van der Waals surface area contributed by atoms with E-state index < -0.39 is 0 Å². The van der Waals surface area contributed by atoms with Crippen molar-refractivity contribution < 1.29 is 4.79 Å². The molecule has 0 aliphatic heterocycles. The van der Waals surface area contributed by atoms with Crippen molar-refractivity contribution in [1.82, 2.24) is 15.5 Å². The van der Waals surface area contributed by atoms with Gasteiger partial charge in [-0.2, -0.15) is 0 Å². The second-order valence-electron chi connectivity index (χ2n) is 5.40. The normalized spacial score (nSPS) is 23.8. The maximum atomic E-state index is 12.3. The molecule has 1 amide bonds. The molecule has 3 atom stereocenters. The van der Waals surface area contributed by atoms with E-state index in [0.29, 0.717) is 12.0 Å². The summed E-state index contributed by atoms with van der Waals surface area (Å²) in [5.41, 5.74) is 0. The van der Waals surface area contributed by atoms with Gasteiger partial charge in [0.05, 0.1) is 5.25 Å². The summed E-state index contributed by atoms with van der Waals surface area (Å²) in [6, 6.07) is 0.343. The number of nitrogens with zero attached hydrogens (tertiary/aromatic N) is 2. The van der Waals surface area contributed by atoms with Crippen molar-refractivity contribution in [3.05, 3.63) is 0 Å². The van der Waals surface area contributed by atoms with Crippen molar-refractivity contribution in [1.29, 1.82) is 0 Å². The Hall–Kier alpha value is -0.270. The van der Waals surface area contributed by atoms with Crippen molar-refractivity contribution in [3.63, 3.8) is 0 Å². The number of aromatic nitrogens is 2. The summed E-state index contributed by atoms with van der Waals surface area (Å²) in [4.78, 5) is 12.3. The van der Waals surface area contributed by atoms with Crippen LogP contribution in [0.5, 0.6) is 0 Å². The minimum absolute atomic E-state index is 0.119.